The molecule has 5 heterocycles. The van der Waals surface area contributed by atoms with Gasteiger partial charge in [-0.3, -0.25) is 14.6 Å². The minimum Gasteiger partial charge on any atom is -0.361 e. The van der Waals surface area contributed by atoms with Crippen molar-refractivity contribution in [2.24, 2.45) is 16.8 Å². The molecule has 1 fully saturated rings. The number of fused-ring (bicyclic) bond motifs is 6. The van der Waals surface area contributed by atoms with Crippen LogP contribution in [0.4, 0.5) is 23.1 Å². The summed E-state index contributed by atoms with van der Waals surface area (Å²) < 4.78 is 5.04. The summed E-state index contributed by atoms with van der Waals surface area (Å²) in [5, 5.41) is 13.8. The second kappa shape index (κ2) is 11.1. The highest BCUT2D eigenvalue weighted by molar-refractivity contribution is 6.32. The number of hydrogen-bond donors (Lipinski definition) is 3. The molecule has 3 aliphatic heterocycles. The number of amides is 2. The van der Waals surface area contributed by atoms with Gasteiger partial charge >= 0.3 is 0 Å². The highest BCUT2D eigenvalue weighted by Gasteiger charge is 2.30. The van der Waals surface area contributed by atoms with Crippen LogP contribution >= 0.6 is 11.6 Å². The monoisotopic (exact) mass is 560 g/mol. The zero-order chi connectivity index (χ0) is 27.6. The first-order valence-electron chi connectivity index (χ1n) is 13.3. The van der Waals surface area contributed by atoms with Crippen LogP contribution in [0.2, 0.25) is 5.02 Å². The van der Waals surface area contributed by atoms with Crippen LogP contribution in [-0.4, -0.2) is 51.1 Å². The number of carbonyl (C=O) groups is 2. The molecule has 3 N–H and O–H groups in total. The van der Waals surface area contributed by atoms with Crippen LogP contribution in [0, 0.1) is 18.8 Å². The van der Waals surface area contributed by atoms with Crippen molar-refractivity contribution < 1.29 is 14.1 Å². The van der Waals surface area contributed by atoms with Gasteiger partial charge in [-0.25, -0.2) is 4.98 Å². The molecular formula is C28H29ClN8O3. The van der Waals surface area contributed by atoms with Crippen LogP contribution < -0.4 is 16.0 Å². The lowest BCUT2D eigenvalue weighted by molar-refractivity contribution is -0.117. The smallest absolute Gasteiger partial charge is 0.259 e. The molecule has 1 unspecified atom stereocenters. The number of halogens is 1. The van der Waals surface area contributed by atoms with Gasteiger partial charge in [-0.2, -0.15) is 4.98 Å². The zero-order valence-electron chi connectivity index (χ0n) is 22.0. The summed E-state index contributed by atoms with van der Waals surface area (Å²) in [6.45, 7) is 2.86. The summed E-state index contributed by atoms with van der Waals surface area (Å²) in [5.74, 6) is 1.57. The Balaban J connectivity index is 1.16. The molecule has 40 heavy (non-hydrogen) atoms. The predicted octanol–water partition coefficient (Wildman–Crippen LogP) is 4.95. The summed E-state index contributed by atoms with van der Waals surface area (Å²) in [4.78, 5) is 40.9. The van der Waals surface area contributed by atoms with Crippen LogP contribution in [0.15, 0.2) is 52.0 Å². The van der Waals surface area contributed by atoms with E-state index < -0.39 is 0 Å². The Morgan fingerprint density at radius 2 is 2.12 bits per heavy atom. The average molecular weight is 561 g/mol. The number of rotatable bonds is 4. The molecule has 1 saturated heterocycles. The summed E-state index contributed by atoms with van der Waals surface area (Å²) in [6, 6.07) is 5.82. The second-order valence-corrected chi connectivity index (χ2v) is 10.8. The van der Waals surface area contributed by atoms with Crippen molar-refractivity contribution in [2.45, 2.75) is 39.0 Å². The number of anilines is 4. The molecule has 2 aromatic heterocycles. The van der Waals surface area contributed by atoms with Gasteiger partial charge in [0, 0.05) is 54.9 Å². The molecular weight excluding hydrogens is 532 g/mol. The van der Waals surface area contributed by atoms with Crippen molar-refractivity contribution in [1.82, 2.24) is 20.0 Å². The van der Waals surface area contributed by atoms with Gasteiger partial charge in [-0.15, -0.1) is 0 Å². The third-order valence-corrected chi connectivity index (χ3v) is 7.76. The first-order chi connectivity index (χ1) is 19.4. The van der Waals surface area contributed by atoms with Gasteiger partial charge in [0.2, 0.25) is 11.9 Å². The SMILES string of the molecule is Cc1oncc1C(=O)N1CC[C@@H](CC(=O)Nc2ccc3cc2CCC2C=NC=C(C2)Nc2ncc(Cl)c(n2)N3)C1. The van der Waals surface area contributed by atoms with E-state index in [9.17, 15) is 9.59 Å². The van der Waals surface area contributed by atoms with Gasteiger partial charge in [-0.05, 0) is 62.3 Å². The van der Waals surface area contributed by atoms with Crippen LogP contribution in [-0.2, 0) is 11.2 Å². The topological polar surface area (TPSA) is 138 Å². The van der Waals surface area contributed by atoms with Gasteiger partial charge in [0.15, 0.2) is 5.82 Å². The van der Waals surface area contributed by atoms with Crippen LogP contribution in [0.3, 0.4) is 0 Å². The lowest BCUT2D eigenvalue weighted by Gasteiger charge is -2.19. The Morgan fingerprint density at radius 3 is 2.98 bits per heavy atom. The van der Waals surface area contributed by atoms with Crippen molar-refractivity contribution >= 4 is 52.8 Å². The number of benzene rings is 1. The Hall–Kier alpha value is -4.25. The van der Waals surface area contributed by atoms with Crippen LogP contribution in [0.25, 0.3) is 0 Å². The molecule has 2 amide bonds. The van der Waals surface area contributed by atoms with Crippen molar-refractivity contribution in [2.75, 3.05) is 29.0 Å². The number of aromatic nitrogens is 3. The van der Waals surface area contributed by atoms with Crippen molar-refractivity contribution in [1.29, 1.82) is 0 Å². The second-order valence-electron chi connectivity index (χ2n) is 10.4. The zero-order valence-corrected chi connectivity index (χ0v) is 22.7. The van der Waals surface area contributed by atoms with Crippen molar-refractivity contribution in [3.63, 3.8) is 0 Å². The lowest BCUT2D eigenvalue weighted by atomic mass is 9.94. The van der Waals surface area contributed by atoms with E-state index in [1.807, 2.05) is 24.4 Å². The summed E-state index contributed by atoms with van der Waals surface area (Å²) >= 11 is 6.38. The van der Waals surface area contributed by atoms with Gasteiger partial charge in [-0.1, -0.05) is 16.8 Å². The van der Waals surface area contributed by atoms with E-state index >= 15 is 0 Å². The highest BCUT2D eigenvalue weighted by Crippen LogP contribution is 2.31. The van der Waals surface area contributed by atoms with Gasteiger partial charge in [0.1, 0.15) is 16.3 Å². The minimum atomic E-state index is -0.105. The predicted molar refractivity (Wildman–Crippen MR) is 152 cm³/mol. The van der Waals surface area contributed by atoms with Gasteiger partial charge < -0.3 is 25.4 Å². The highest BCUT2D eigenvalue weighted by atomic mass is 35.5. The minimum absolute atomic E-state index is 0.0718. The molecule has 3 aromatic rings. The lowest BCUT2D eigenvalue weighted by Crippen LogP contribution is -2.29. The van der Waals surface area contributed by atoms with Gasteiger partial charge in [0.25, 0.3) is 5.91 Å². The quantitative estimate of drug-likeness (QED) is 0.407. The Bertz CT molecular complexity index is 1520. The first-order valence-corrected chi connectivity index (χ1v) is 13.7. The first kappa shape index (κ1) is 26.0. The number of nitrogens with zero attached hydrogens (tertiary/aromatic N) is 5. The molecule has 12 heteroatoms. The summed E-state index contributed by atoms with van der Waals surface area (Å²) in [7, 11) is 0. The molecule has 0 radical (unpaired) electrons. The van der Waals surface area contributed by atoms with E-state index in [1.54, 1.807) is 24.2 Å². The average Bonchev–Trinajstić information content (AvgIpc) is 3.59. The molecule has 11 nitrogen and oxygen atoms in total. The Labute approximate surface area is 236 Å². The van der Waals surface area contributed by atoms with Crippen LogP contribution in [0.1, 0.15) is 47.4 Å². The summed E-state index contributed by atoms with van der Waals surface area (Å²) in [5.41, 5.74) is 3.99. The fraction of sp³-hybridized carbons (Fsp3) is 0.357. The number of hydrogen-bond acceptors (Lipinski definition) is 9. The molecule has 3 aliphatic rings. The Morgan fingerprint density at radius 1 is 1.23 bits per heavy atom. The van der Waals surface area contributed by atoms with E-state index in [4.69, 9.17) is 16.1 Å². The molecule has 1 aromatic carbocycles. The standard InChI is InChI=1S/C28H29ClN8O3/c1-16-22(13-32-40-16)27(39)37-7-6-18(15-37)9-25(38)35-24-5-4-20-10-19(24)3-2-17-8-21(12-30-11-17)34-28-31-14-23(29)26(33-20)36-28/h4-5,10-14,17-18H,2-3,6-9,15H2,1H3,(H,35,38)(H2,31,33,34,36)/t17?,18-/m0/s1. The van der Waals surface area contributed by atoms with E-state index in [2.05, 4.69) is 36.1 Å². The molecule has 2 atom stereocenters. The third-order valence-electron chi connectivity index (χ3n) is 7.48. The van der Waals surface area contributed by atoms with E-state index in [0.717, 1.165) is 48.3 Å². The number of aryl methyl sites for hydroxylation is 2. The van der Waals surface area contributed by atoms with Crippen LogP contribution in [0.5, 0.6) is 0 Å². The molecule has 0 spiro atoms. The van der Waals surface area contributed by atoms with Crippen molar-refractivity contribution in [3.8, 4) is 0 Å². The number of allylic oxidation sites excluding steroid dienone is 1. The molecule has 6 rings (SSSR count). The Kier molecular flexibility index (Phi) is 7.21. The molecule has 0 aliphatic carbocycles. The third kappa shape index (κ3) is 5.69. The largest absolute Gasteiger partial charge is 0.361 e. The summed E-state index contributed by atoms with van der Waals surface area (Å²) in [6.07, 6.45) is 10.3. The number of nitrogens with one attached hydrogen (secondary N) is 3. The molecule has 6 bridgehead atoms. The fourth-order valence-electron chi connectivity index (χ4n) is 5.36. The molecule has 0 saturated carbocycles. The molecule has 206 valence electrons. The van der Waals surface area contributed by atoms with E-state index in [-0.39, 0.29) is 23.7 Å². The fourth-order valence-corrected chi connectivity index (χ4v) is 5.50. The number of aliphatic imine (C=N–C) groups is 1. The van der Waals surface area contributed by atoms with Crippen molar-refractivity contribution in [3.05, 3.63) is 64.4 Å². The van der Waals surface area contributed by atoms with Gasteiger partial charge in [0.05, 0.1) is 12.4 Å². The van der Waals surface area contributed by atoms with E-state index in [0.29, 0.717) is 47.6 Å². The maximum Gasteiger partial charge on any atom is 0.259 e. The maximum atomic E-state index is 13.1. The normalized spacial score (nSPS) is 19.9. The van der Waals surface area contributed by atoms with E-state index in [1.165, 1.54) is 6.20 Å². The number of likely N-dealkylation sites (tertiary alicyclic amines) is 1. The number of carbonyl (C=O) groups excluding carboxylic acids is 2. The maximum absolute atomic E-state index is 13.1.